The first-order valence-electron chi connectivity index (χ1n) is 3.71. The predicted molar refractivity (Wildman–Crippen MR) is 51.9 cm³/mol. The second-order valence-corrected chi connectivity index (χ2v) is 2.15. The van der Waals surface area contributed by atoms with Crippen molar-refractivity contribution in [2.45, 2.75) is 20.8 Å². The topological polar surface area (TPSA) is 12.4 Å². The maximum Gasteiger partial charge on any atom is 0.0612 e. The van der Waals surface area contributed by atoms with E-state index in [2.05, 4.69) is 11.6 Å². The minimum Gasteiger partial charge on any atom is -0.262 e. The molecule has 0 unspecified atom stereocenters. The van der Waals surface area contributed by atoms with Crippen LogP contribution in [0.1, 0.15) is 20.8 Å². The van der Waals surface area contributed by atoms with Crippen LogP contribution in [0.5, 0.6) is 0 Å². The van der Waals surface area contributed by atoms with Gasteiger partial charge in [-0.3, -0.25) is 4.99 Å². The summed E-state index contributed by atoms with van der Waals surface area (Å²) < 4.78 is 0. The van der Waals surface area contributed by atoms with Gasteiger partial charge in [0.15, 0.2) is 0 Å². The van der Waals surface area contributed by atoms with Gasteiger partial charge in [0.05, 0.1) is 5.70 Å². The van der Waals surface area contributed by atoms with E-state index in [4.69, 9.17) is 0 Å². The van der Waals surface area contributed by atoms with Crippen LogP contribution in [-0.2, 0) is 0 Å². The molecule has 0 saturated heterocycles. The fourth-order valence-corrected chi connectivity index (χ4v) is 0.805. The quantitative estimate of drug-likeness (QED) is 0.432. The monoisotopic (exact) mass is 149 g/mol. The number of rotatable bonds is 3. The van der Waals surface area contributed by atoms with Crippen LogP contribution in [0.15, 0.2) is 41.1 Å². The minimum absolute atomic E-state index is 1.01. The Morgan fingerprint density at radius 2 is 2.00 bits per heavy atom. The van der Waals surface area contributed by atoms with Crippen LogP contribution < -0.4 is 0 Å². The highest BCUT2D eigenvalue weighted by molar-refractivity contribution is 5.57. The Balaban J connectivity index is 4.52. The molecule has 0 saturated carbocycles. The van der Waals surface area contributed by atoms with Gasteiger partial charge in [0.25, 0.3) is 0 Å². The van der Waals surface area contributed by atoms with E-state index in [1.807, 2.05) is 32.9 Å². The third kappa shape index (κ3) is 3.56. The molecule has 0 aromatic rings. The molecule has 0 aliphatic carbocycles. The predicted octanol–water partition coefficient (Wildman–Crippen LogP) is 3.11. The summed E-state index contributed by atoms with van der Waals surface area (Å²) in [6.45, 7) is 9.52. The van der Waals surface area contributed by atoms with Gasteiger partial charge in [-0.05, 0) is 26.3 Å². The number of nitrogens with zero attached hydrogens (tertiary/aromatic N) is 1. The maximum absolute atomic E-state index is 4.18. The van der Waals surface area contributed by atoms with E-state index in [0.717, 1.165) is 11.3 Å². The molecule has 0 rings (SSSR count). The van der Waals surface area contributed by atoms with E-state index >= 15 is 0 Å². The van der Waals surface area contributed by atoms with E-state index in [1.54, 1.807) is 12.3 Å². The number of aliphatic imine (C=N–C) groups is 1. The first-order chi connectivity index (χ1) is 5.26. The van der Waals surface area contributed by atoms with E-state index < -0.39 is 0 Å². The van der Waals surface area contributed by atoms with Gasteiger partial charge < -0.3 is 0 Å². The average molecular weight is 149 g/mol. The molecule has 0 aliphatic heterocycles. The Bertz CT molecular complexity index is 207. The van der Waals surface area contributed by atoms with Gasteiger partial charge in [0.2, 0.25) is 0 Å². The number of hydrogen-bond donors (Lipinski definition) is 0. The van der Waals surface area contributed by atoms with E-state index in [9.17, 15) is 0 Å². The van der Waals surface area contributed by atoms with Gasteiger partial charge in [-0.15, -0.1) is 0 Å². The number of hydrogen-bond acceptors (Lipinski definition) is 1. The summed E-state index contributed by atoms with van der Waals surface area (Å²) in [6, 6.07) is 0. The van der Waals surface area contributed by atoms with Crippen molar-refractivity contribution in [2.24, 2.45) is 4.99 Å². The van der Waals surface area contributed by atoms with Crippen molar-refractivity contribution < 1.29 is 0 Å². The molecule has 0 fully saturated rings. The fraction of sp³-hybridized carbons (Fsp3) is 0.300. The lowest BCUT2D eigenvalue weighted by Gasteiger charge is -1.97. The van der Waals surface area contributed by atoms with Gasteiger partial charge in [-0.2, -0.15) is 0 Å². The summed E-state index contributed by atoms with van der Waals surface area (Å²) >= 11 is 0. The average Bonchev–Trinajstić information content (AvgIpc) is 2.00. The van der Waals surface area contributed by atoms with Gasteiger partial charge in [-0.25, -0.2) is 0 Å². The Hall–Kier alpha value is -1.11. The molecule has 1 heteroatoms. The lowest BCUT2D eigenvalue weighted by atomic mass is 10.2. The number of allylic oxidation sites excluding steroid dienone is 4. The van der Waals surface area contributed by atoms with Gasteiger partial charge in [0.1, 0.15) is 0 Å². The summed E-state index contributed by atoms with van der Waals surface area (Å²) in [4.78, 5) is 4.18. The van der Waals surface area contributed by atoms with Crippen LogP contribution in [0, 0.1) is 0 Å². The van der Waals surface area contributed by atoms with Crippen LogP contribution in [0.2, 0.25) is 0 Å². The van der Waals surface area contributed by atoms with Crippen molar-refractivity contribution in [1.82, 2.24) is 0 Å². The summed E-state index contributed by atoms with van der Waals surface area (Å²) in [7, 11) is 0. The molecular weight excluding hydrogens is 134 g/mol. The van der Waals surface area contributed by atoms with Crippen LogP contribution in [0.4, 0.5) is 0 Å². The minimum atomic E-state index is 1.01. The maximum atomic E-state index is 4.18. The van der Waals surface area contributed by atoms with Gasteiger partial charge >= 0.3 is 0 Å². The van der Waals surface area contributed by atoms with E-state index in [-0.39, 0.29) is 0 Å². The molecule has 0 bridgehead atoms. The normalized spacial score (nSPS) is 14.1. The zero-order chi connectivity index (χ0) is 8.69. The lowest BCUT2D eigenvalue weighted by Crippen LogP contribution is -1.80. The zero-order valence-corrected chi connectivity index (χ0v) is 7.46. The summed E-state index contributed by atoms with van der Waals surface area (Å²) in [5.41, 5.74) is 2.15. The summed E-state index contributed by atoms with van der Waals surface area (Å²) in [6.07, 6.45) is 7.48. The zero-order valence-electron chi connectivity index (χ0n) is 7.46. The molecule has 0 amide bonds. The third-order valence-corrected chi connectivity index (χ3v) is 1.31. The molecule has 0 heterocycles. The highest BCUT2D eigenvalue weighted by Gasteiger charge is 1.91. The van der Waals surface area contributed by atoms with Crippen LogP contribution in [-0.4, -0.2) is 6.21 Å². The molecule has 1 nitrogen and oxygen atoms in total. The molecule has 0 atom stereocenters. The first-order valence-corrected chi connectivity index (χ1v) is 3.71. The summed E-state index contributed by atoms with van der Waals surface area (Å²) in [5, 5.41) is 0. The van der Waals surface area contributed by atoms with Crippen molar-refractivity contribution in [3.8, 4) is 0 Å². The molecule has 0 aromatic carbocycles. The Kier molecular flexibility index (Phi) is 5.09. The smallest absolute Gasteiger partial charge is 0.0612 e. The van der Waals surface area contributed by atoms with Crippen LogP contribution in [0.3, 0.4) is 0 Å². The standard InChI is InChI=1S/C10H15N/c1-5-8-9(4)10(6-2)11-7-3/h5-8H,1H2,2-4H3/b9-8-,10-6+,11-7-. The second kappa shape index (κ2) is 5.66. The molecule has 0 aromatic heterocycles. The molecule has 0 spiro atoms. The van der Waals surface area contributed by atoms with Crippen LogP contribution in [0.25, 0.3) is 0 Å². The Morgan fingerprint density at radius 1 is 1.36 bits per heavy atom. The van der Waals surface area contributed by atoms with Crippen molar-refractivity contribution in [3.63, 3.8) is 0 Å². The van der Waals surface area contributed by atoms with Crippen molar-refractivity contribution in [1.29, 1.82) is 0 Å². The molecular formula is C10H15N. The highest BCUT2D eigenvalue weighted by atomic mass is 14.7. The largest absolute Gasteiger partial charge is 0.262 e. The van der Waals surface area contributed by atoms with E-state index in [1.165, 1.54) is 0 Å². The summed E-state index contributed by atoms with van der Waals surface area (Å²) in [5.74, 6) is 0. The van der Waals surface area contributed by atoms with Crippen LogP contribution >= 0.6 is 0 Å². The van der Waals surface area contributed by atoms with Crippen molar-refractivity contribution in [3.05, 3.63) is 36.1 Å². The Labute approximate surface area is 68.9 Å². The SMILES string of the molecule is C=C\C=C(C)/C(=C\C)/N=C\C. The Morgan fingerprint density at radius 3 is 2.36 bits per heavy atom. The molecule has 0 N–H and O–H groups in total. The fourth-order valence-electron chi connectivity index (χ4n) is 0.805. The van der Waals surface area contributed by atoms with E-state index in [0.29, 0.717) is 0 Å². The molecule has 60 valence electrons. The lowest BCUT2D eigenvalue weighted by molar-refractivity contribution is 1.27. The van der Waals surface area contributed by atoms with Gasteiger partial charge in [-0.1, -0.05) is 24.8 Å². The second-order valence-electron chi connectivity index (χ2n) is 2.15. The third-order valence-electron chi connectivity index (χ3n) is 1.31. The molecule has 11 heavy (non-hydrogen) atoms. The van der Waals surface area contributed by atoms with Crippen molar-refractivity contribution >= 4 is 6.21 Å². The molecule has 0 aliphatic rings. The van der Waals surface area contributed by atoms with Crippen molar-refractivity contribution in [2.75, 3.05) is 0 Å². The van der Waals surface area contributed by atoms with Gasteiger partial charge in [0, 0.05) is 6.21 Å². The first kappa shape index (κ1) is 9.89. The highest BCUT2D eigenvalue weighted by Crippen LogP contribution is 2.09. The molecule has 0 radical (unpaired) electrons.